The molecule has 0 aliphatic carbocycles. The highest BCUT2D eigenvalue weighted by atomic mass is 16.5. The van der Waals surface area contributed by atoms with Crippen molar-refractivity contribution in [1.29, 1.82) is 0 Å². The topological polar surface area (TPSA) is 67.3 Å². The van der Waals surface area contributed by atoms with E-state index in [0.717, 1.165) is 13.1 Å². The Morgan fingerprint density at radius 1 is 1.30 bits per heavy atom. The van der Waals surface area contributed by atoms with Crippen LogP contribution in [0.2, 0.25) is 0 Å². The second-order valence-electron chi connectivity index (χ2n) is 5.55. The van der Waals surface area contributed by atoms with Crippen LogP contribution in [0.25, 0.3) is 0 Å². The second-order valence-corrected chi connectivity index (χ2v) is 5.55. The van der Waals surface area contributed by atoms with Crippen molar-refractivity contribution in [1.82, 2.24) is 9.97 Å². The Balaban J connectivity index is 1.76. The number of nitrogens with zero attached hydrogens (tertiary/aromatic N) is 3. The number of aromatic nitrogens is 2. The third kappa shape index (κ3) is 3.41. The Labute approximate surface area is 135 Å². The summed E-state index contributed by atoms with van der Waals surface area (Å²) in [5.74, 6) is 1.18. The van der Waals surface area contributed by atoms with E-state index in [2.05, 4.69) is 20.2 Å². The maximum absolute atomic E-state index is 12.4. The van der Waals surface area contributed by atoms with E-state index in [1.54, 1.807) is 19.4 Å². The molecule has 1 aromatic carbocycles. The van der Waals surface area contributed by atoms with E-state index in [4.69, 9.17) is 4.74 Å². The number of hydrogen-bond donors (Lipinski definition) is 1. The van der Waals surface area contributed by atoms with Gasteiger partial charge in [-0.3, -0.25) is 4.79 Å². The predicted molar refractivity (Wildman–Crippen MR) is 89.2 cm³/mol. The predicted octanol–water partition coefficient (Wildman–Crippen LogP) is 2.65. The molecule has 6 heteroatoms. The van der Waals surface area contributed by atoms with Crippen LogP contribution in [0.15, 0.2) is 30.5 Å². The quantitative estimate of drug-likeness (QED) is 0.940. The first-order valence-corrected chi connectivity index (χ1v) is 7.71. The molecule has 23 heavy (non-hydrogen) atoms. The van der Waals surface area contributed by atoms with Crippen LogP contribution in [0.1, 0.15) is 28.9 Å². The Hall–Kier alpha value is -2.63. The van der Waals surface area contributed by atoms with Gasteiger partial charge in [0.25, 0.3) is 5.91 Å². The third-order valence-electron chi connectivity index (χ3n) is 3.93. The van der Waals surface area contributed by atoms with Crippen LogP contribution in [0.4, 0.5) is 11.6 Å². The smallest absolute Gasteiger partial charge is 0.259 e. The minimum absolute atomic E-state index is 0.219. The van der Waals surface area contributed by atoms with E-state index in [1.807, 2.05) is 25.1 Å². The van der Waals surface area contributed by atoms with Gasteiger partial charge in [0, 0.05) is 31.0 Å². The summed E-state index contributed by atoms with van der Waals surface area (Å²) in [6.45, 7) is 3.80. The highest BCUT2D eigenvalue weighted by Gasteiger charge is 2.18. The van der Waals surface area contributed by atoms with Gasteiger partial charge >= 0.3 is 0 Å². The molecule has 120 valence electrons. The zero-order chi connectivity index (χ0) is 16.2. The number of carbonyl (C=O) groups excluding carboxylic acids is 1. The van der Waals surface area contributed by atoms with Crippen molar-refractivity contribution in [3.63, 3.8) is 0 Å². The number of aryl methyl sites for hydroxylation is 1. The minimum Gasteiger partial charge on any atom is -0.497 e. The van der Waals surface area contributed by atoms with Crippen LogP contribution in [0.3, 0.4) is 0 Å². The van der Waals surface area contributed by atoms with Gasteiger partial charge in [0.2, 0.25) is 5.95 Å². The van der Waals surface area contributed by atoms with E-state index < -0.39 is 0 Å². The van der Waals surface area contributed by atoms with Gasteiger partial charge < -0.3 is 15.0 Å². The van der Waals surface area contributed by atoms with Gasteiger partial charge in [0.05, 0.1) is 18.4 Å². The molecule has 1 aromatic heterocycles. The van der Waals surface area contributed by atoms with Crippen molar-refractivity contribution >= 4 is 17.5 Å². The van der Waals surface area contributed by atoms with E-state index in [1.165, 1.54) is 12.8 Å². The number of hydrogen-bond acceptors (Lipinski definition) is 5. The lowest BCUT2D eigenvalue weighted by Crippen LogP contribution is -2.22. The number of ether oxygens (including phenoxy) is 1. The average Bonchev–Trinajstić information content (AvgIpc) is 3.09. The summed E-state index contributed by atoms with van der Waals surface area (Å²) in [6, 6.07) is 7.24. The molecular formula is C17H20N4O2. The molecule has 2 heterocycles. The van der Waals surface area contributed by atoms with Gasteiger partial charge in [-0.05, 0) is 31.9 Å². The monoisotopic (exact) mass is 312 g/mol. The van der Waals surface area contributed by atoms with Crippen LogP contribution < -0.4 is 15.0 Å². The molecule has 0 atom stereocenters. The maximum Gasteiger partial charge on any atom is 0.259 e. The molecule has 3 rings (SSSR count). The van der Waals surface area contributed by atoms with Gasteiger partial charge in [-0.1, -0.05) is 6.07 Å². The van der Waals surface area contributed by atoms with Crippen molar-refractivity contribution in [3.8, 4) is 5.75 Å². The van der Waals surface area contributed by atoms with Crippen molar-refractivity contribution < 1.29 is 9.53 Å². The maximum atomic E-state index is 12.4. The fourth-order valence-electron chi connectivity index (χ4n) is 2.65. The fraction of sp³-hybridized carbons (Fsp3) is 0.353. The average molecular weight is 312 g/mol. The summed E-state index contributed by atoms with van der Waals surface area (Å²) in [5, 5.41) is 2.85. The Bertz CT molecular complexity index is 711. The lowest BCUT2D eigenvalue weighted by atomic mass is 10.2. The molecule has 1 N–H and O–H groups in total. The van der Waals surface area contributed by atoms with Gasteiger partial charge in [0.15, 0.2) is 0 Å². The number of methoxy groups -OCH3 is 1. The molecule has 0 radical (unpaired) electrons. The van der Waals surface area contributed by atoms with Crippen LogP contribution in [-0.2, 0) is 0 Å². The van der Waals surface area contributed by atoms with Gasteiger partial charge in [-0.2, -0.15) is 0 Å². The molecular weight excluding hydrogens is 292 g/mol. The van der Waals surface area contributed by atoms with Gasteiger partial charge in [0.1, 0.15) is 5.75 Å². The largest absolute Gasteiger partial charge is 0.497 e. The van der Waals surface area contributed by atoms with Crippen LogP contribution >= 0.6 is 0 Å². The second kappa shape index (κ2) is 6.64. The molecule has 1 amide bonds. The number of rotatable bonds is 4. The molecule has 0 bridgehead atoms. The highest BCUT2D eigenvalue weighted by molar-refractivity contribution is 6.04. The summed E-state index contributed by atoms with van der Waals surface area (Å²) >= 11 is 0. The van der Waals surface area contributed by atoms with Crippen LogP contribution in [0, 0.1) is 6.92 Å². The summed E-state index contributed by atoms with van der Waals surface area (Å²) < 4.78 is 5.16. The standard InChI is InChI=1S/C17H20N4O2/c1-12-15(11-18-17(19-12)21-8-3-4-9-21)16(22)20-13-6-5-7-14(10-13)23-2/h5-7,10-11H,3-4,8-9H2,1-2H3,(H,20,22). The molecule has 0 saturated carbocycles. The normalized spacial score (nSPS) is 13.9. The number of nitrogens with one attached hydrogen (secondary N) is 1. The number of benzene rings is 1. The first kappa shape index (κ1) is 15.3. The van der Waals surface area contributed by atoms with Crippen molar-refractivity contribution in [2.24, 2.45) is 0 Å². The molecule has 0 spiro atoms. The van der Waals surface area contributed by atoms with E-state index in [0.29, 0.717) is 28.6 Å². The van der Waals surface area contributed by atoms with Crippen molar-refractivity contribution in [3.05, 3.63) is 41.7 Å². The van der Waals surface area contributed by atoms with Crippen molar-refractivity contribution in [2.45, 2.75) is 19.8 Å². The Morgan fingerprint density at radius 2 is 2.09 bits per heavy atom. The lowest BCUT2D eigenvalue weighted by molar-refractivity contribution is 0.102. The first-order chi connectivity index (χ1) is 11.2. The summed E-state index contributed by atoms with van der Waals surface area (Å²) in [7, 11) is 1.59. The fourth-order valence-corrected chi connectivity index (χ4v) is 2.65. The molecule has 2 aromatic rings. The Kier molecular flexibility index (Phi) is 4.41. The molecule has 0 unspecified atom stereocenters. The molecule has 1 fully saturated rings. The van der Waals surface area contributed by atoms with Gasteiger partial charge in [-0.25, -0.2) is 9.97 Å². The summed E-state index contributed by atoms with van der Waals surface area (Å²) in [5.41, 5.74) is 1.84. The number of anilines is 2. The summed E-state index contributed by atoms with van der Waals surface area (Å²) in [6.07, 6.45) is 3.94. The molecule has 6 nitrogen and oxygen atoms in total. The van der Waals surface area contributed by atoms with Crippen LogP contribution in [0.5, 0.6) is 5.75 Å². The lowest BCUT2D eigenvalue weighted by Gasteiger charge is -2.16. The summed E-state index contributed by atoms with van der Waals surface area (Å²) in [4.78, 5) is 23.4. The first-order valence-electron chi connectivity index (χ1n) is 7.71. The van der Waals surface area contributed by atoms with Crippen molar-refractivity contribution in [2.75, 3.05) is 30.4 Å². The van der Waals surface area contributed by atoms with E-state index >= 15 is 0 Å². The van der Waals surface area contributed by atoms with Gasteiger partial charge in [-0.15, -0.1) is 0 Å². The number of amides is 1. The molecule has 1 saturated heterocycles. The zero-order valence-electron chi connectivity index (χ0n) is 13.4. The Morgan fingerprint density at radius 3 is 2.78 bits per heavy atom. The third-order valence-corrected chi connectivity index (χ3v) is 3.93. The number of carbonyl (C=O) groups is 1. The van der Waals surface area contributed by atoms with E-state index in [9.17, 15) is 4.79 Å². The molecule has 1 aliphatic heterocycles. The minimum atomic E-state index is -0.219. The molecule has 1 aliphatic rings. The highest BCUT2D eigenvalue weighted by Crippen LogP contribution is 2.20. The van der Waals surface area contributed by atoms with E-state index in [-0.39, 0.29) is 5.91 Å². The van der Waals surface area contributed by atoms with Crippen LogP contribution in [-0.4, -0.2) is 36.1 Å². The SMILES string of the molecule is COc1cccc(NC(=O)c2cnc(N3CCCC3)nc2C)c1. The zero-order valence-corrected chi connectivity index (χ0v) is 13.4.